The normalized spacial score (nSPS) is 10.7. The van der Waals surface area contributed by atoms with Crippen molar-refractivity contribution in [3.8, 4) is 11.6 Å². The number of ether oxygens (including phenoxy) is 1. The molecular formula is C14H20N4O. The molecule has 0 radical (unpaired) electrons. The molecule has 5 nitrogen and oxygen atoms in total. The standard InChI is InChI=1S/C14H20N4O/c1-4-6-15-9-12-10-16-7-5-13(12)19-14-8-11(2)17-18(14)3/h5,7-8,10,15H,4,6,9H2,1-3H3. The Morgan fingerprint density at radius 1 is 1.42 bits per heavy atom. The summed E-state index contributed by atoms with van der Waals surface area (Å²) in [4.78, 5) is 4.15. The Balaban J connectivity index is 2.13. The SMILES string of the molecule is CCCNCc1cnccc1Oc1cc(C)nn1C. The van der Waals surface area contributed by atoms with Gasteiger partial charge in [-0.2, -0.15) is 5.10 Å². The largest absolute Gasteiger partial charge is 0.439 e. The van der Waals surface area contributed by atoms with Gasteiger partial charge >= 0.3 is 0 Å². The number of nitrogens with one attached hydrogen (secondary N) is 1. The Labute approximate surface area is 113 Å². The van der Waals surface area contributed by atoms with E-state index in [0.29, 0.717) is 0 Å². The lowest BCUT2D eigenvalue weighted by molar-refractivity contribution is 0.423. The van der Waals surface area contributed by atoms with Crippen LogP contribution in [0.1, 0.15) is 24.6 Å². The smallest absolute Gasteiger partial charge is 0.217 e. The molecule has 0 aliphatic carbocycles. The van der Waals surface area contributed by atoms with E-state index in [2.05, 4.69) is 22.3 Å². The third-order valence-corrected chi connectivity index (χ3v) is 2.77. The Hall–Kier alpha value is -1.88. The second-order valence-electron chi connectivity index (χ2n) is 4.51. The summed E-state index contributed by atoms with van der Waals surface area (Å²) in [7, 11) is 1.87. The molecule has 0 saturated heterocycles. The maximum Gasteiger partial charge on any atom is 0.217 e. The quantitative estimate of drug-likeness (QED) is 0.810. The van der Waals surface area contributed by atoms with Gasteiger partial charge in [-0.3, -0.25) is 4.98 Å². The van der Waals surface area contributed by atoms with Crippen molar-refractivity contribution in [2.24, 2.45) is 7.05 Å². The summed E-state index contributed by atoms with van der Waals surface area (Å²) in [5.41, 5.74) is 1.99. The minimum Gasteiger partial charge on any atom is -0.439 e. The molecule has 2 rings (SSSR count). The van der Waals surface area contributed by atoms with Gasteiger partial charge in [0, 0.05) is 37.6 Å². The first-order chi connectivity index (χ1) is 9.20. The van der Waals surface area contributed by atoms with Gasteiger partial charge in [0.05, 0.1) is 5.69 Å². The predicted octanol–water partition coefficient (Wildman–Crippen LogP) is 2.42. The average Bonchev–Trinajstić information content (AvgIpc) is 2.70. The van der Waals surface area contributed by atoms with Crippen LogP contribution < -0.4 is 10.1 Å². The van der Waals surface area contributed by atoms with Crippen molar-refractivity contribution >= 4 is 0 Å². The van der Waals surface area contributed by atoms with Gasteiger partial charge in [0.1, 0.15) is 5.75 Å². The third kappa shape index (κ3) is 3.54. The average molecular weight is 260 g/mol. The first-order valence-electron chi connectivity index (χ1n) is 6.52. The van der Waals surface area contributed by atoms with Crippen molar-refractivity contribution in [1.29, 1.82) is 0 Å². The van der Waals surface area contributed by atoms with E-state index in [1.54, 1.807) is 10.9 Å². The van der Waals surface area contributed by atoms with E-state index >= 15 is 0 Å². The summed E-state index contributed by atoms with van der Waals surface area (Å²) in [5.74, 6) is 1.56. The number of aryl methyl sites for hydroxylation is 2. The fourth-order valence-corrected chi connectivity index (χ4v) is 1.84. The fourth-order valence-electron chi connectivity index (χ4n) is 1.84. The minimum atomic E-state index is 0.737. The van der Waals surface area contributed by atoms with Gasteiger partial charge in [0.2, 0.25) is 5.88 Å². The molecule has 2 heterocycles. The first-order valence-corrected chi connectivity index (χ1v) is 6.52. The molecule has 0 atom stereocenters. The van der Waals surface area contributed by atoms with E-state index in [1.165, 1.54) is 0 Å². The van der Waals surface area contributed by atoms with Gasteiger partial charge in [-0.25, -0.2) is 4.68 Å². The van der Waals surface area contributed by atoms with E-state index in [1.807, 2.05) is 32.3 Å². The van der Waals surface area contributed by atoms with Crippen LogP contribution in [0, 0.1) is 6.92 Å². The summed E-state index contributed by atoms with van der Waals surface area (Å²) >= 11 is 0. The van der Waals surface area contributed by atoms with E-state index in [-0.39, 0.29) is 0 Å². The minimum absolute atomic E-state index is 0.737. The van der Waals surface area contributed by atoms with Gasteiger partial charge in [-0.1, -0.05) is 6.92 Å². The van der Waals surface area contributed by atoms with Crippen LogP contribution in [0.5, 0.6) is 11.6 Å². The zero-order valence-electron chi connectivity index (χ0n) is 11.7. The molecule has 0 aromatic carbocycles. The number of nitrogens with zero attached hydrogens (tertiary/aromatic N) is 3. The van der Waals surface area contributed by atoms with Crippen molar-refractivity contribution in [1.82, 2.24) is 20.1 Å². The molecule has 2 aromatic rings. The molecule has 102 valence electrons. The maximum atomic E-state index is 5.91. The van der Waals surface area contributed by atoms with Crippen molar-refractivity contribution in [2.75, 3.05) is 6.54 Å². The van der Waals surface area contributed by atoms with Crippen molar-refractivity contribution in [3.05, 3.63) is 35.8 Å². The van der Waals surface area contributed by atoms with Crippen molar-refractivity contribution < 1.29 is 4.74 Å². The Morgan fingerprint density at radius 3 is 2.95 bits per heavy atom. The number of rotatable bonds is 6. The zero-order chi connectivity index (χ0) is 13.7. The molecule has 0 saturated carbocycles. The highest BCUT2D eigenvalue weighted by molar-refractivity contribution is 5.33. The number of hydrogen-bond donors (Lipinski definition) is 1. The van der Waals surface area contributed by atoms with Crippen LogP contribution in [0.3, 0.4) is 0 Å². The first kappa shape index (κ1) is 13.5. The van der Waals surface area contributed by atoms with Crippen molar-refractivity contribution in [3.63, 3.8) is 0 Å². The summed E-state index contributed by atoms with van der Waals surface area (Å²) in [6.45, 7) is 5.84. The van der Waals surface area contributed by atoms with Crippen LogP contribution >= 0.6 is 0 Å². The third-order valence-electron chi connectivity index (χ3n) is 2.77. The lowest BCUT2D eigenvalue weighted by Crippen LogP contribution is -2.14. The molecule has 0 spiro atoms. The second kappa shape index (κ2) is 6.33. The molecule has 1 N–H and O–H groups in total. The number of pyridine rings is 1. The van der Waals surface area contributed by atoms with Crippen LogP contribution in [0.25, 0.3) is 0 Å². The Kier molecular flexibility index (Phi) is 4.52. The molecular weight excluding hydrogens is 240 g/mol. The van der Waals surface area contributed by atoms with Crippen LogP contribution in [-0.4, -0.2) is 21.3 Å². The van der Waals surface area contributed by atoms with Crippen LogP contribution in [-0.2, 0) is 13.6 Å². The molecule has 19 heavy (non-hydrogen) atoms. The molecule has 0 aliphatic heterocycles. The van der Waals surface area contributed by atoms with Crippen LogP contribution in [0.15, 0.2) is 24.5 Å². The summed E-state index contributed by atoms with van der Waals surface area (Å²) in [5, 5.41) is 7.63. The van der Waals surface area contributed by atoms with Gasteiger partial charge in [0.15, 0.2) is 0 Å². The summed E-state index contributed by atoms with van der Waals surface area (Å²) in [6, 6.07) is 3.80. The van der Waals surface area contributed by atoms with Gasteiger partial charge < -0.3 is 10.1 Å². The summed E-state index contributed by atoms with van der Waals surface area (Å²) < 4.78 is 7.65. The molecule has 0 aliphatic rings. The van der Waals surface area contributed by atoms with Crippen molar-refractivity contribution in [2.45, 2.75) is 26.8 Å². The summed E-state index contributed by atoms with van der Waals surface area (Å²) in [6.07, 6.45) is 4.68. The predicted molar refractivity (Wildman–Crippen MR) is 74.3 cm³/mol. The van der Waals surface area contributed by atoms with Gasteiger partial charge in [-0.05, 0) is 26.0 Å². The molecule has 0 amide bonds. The Morgan fingerprint density at radius 2 is 2.26 bits per heavy atom. The van der Waals surface area contributed by atoms with Gasteiger partial charge in [-0.15, -0.1) is 0 Å². The van der Waals surface area contributed by atoms with E-state index in [0.717, 1.165) is 42.4 Å². The molecule has 0 fully saturated rings. The fraction of sp³-hybridized carbons (Fsp3) is 0.429. The highest BCUT2D eigenvalue weighted by Crippen LogP contribution is 2.24. The maximum absolute atomic E-state index is 5.91. The highest BCUT2D eigenvalue weighted by Gasteiger charge is 2.08. The van der Waals surface area contributed by atoms with E-state index in [4.69, 9.17) is 4.74 Å². The number of hydrogen-bond acceptors (Lipinski definition) is 4. The second-order valence-corrected chi connectivity index (χ2v) is 4.51. The topological polar surface area (TPSA) is 52.0 Å². The lowest BCUT2D eigenvalue weighted by Gasteiger charge is -2.10. The van der Waals surface area contributed by atoms with Crippen LogP contribution in [0.4, 0.5) is 0 Å². The molecule has 0 unspecified atom stereocenters. The highest BCUT2D eigenvalue weighted by atomic mass is 16.5. The lowest BCUT2D eigenvalue weighted by atomic mass is 10.2. The van der Waals surface area contributed by atoms with E-state index < -0.39 is 0 Å². The Bertz CT molecular complexity index is 536. The van der Waals surface area contributed by atoms with Gasteiger partial charge in [0.25, 0.3) is 0 Å². The molecule has 2 aromatic heterocycles. The molecule has 5 heteroatoms. The monoisotopic (exact) mass is 260 g/mol. The van der Waals surface area contributed by atoms with Crippen LogP contribution in [0.2, 0.25) is 0 Å². The zero-order valence-corrected chi connectivity index (χ0v) is 11.7. The van der Waals surface area contributed by atoms with E-state index in [9.17, 15) is 0 Å². The number of aromatic nitrogens is 3. The molecule has 0 bridgehead atoms.